The predicted molar refractivity (Wildman–Crippen MR) is 43.7 cm³/mol. The van der Waals surface area contributed by atoms with Gasteiger partial charge in [-0.1, -0.05) is 0 Å². The molecule has 0 N–H and O–H groups in total. The highest BCUT2D eigenvalue weighted by atomic mass is 32.8. The number of amidine groups is 1. The summed E-state index contributed by atoms with van der Waals surface area (Å²) >= 11 is 4.75. The highest BCUT2D eigenvalue weighted by Gasteiger charge is 2.29. The molecular weight excluding hydrogens is 170 g/mol. The van der Waals surface area contributed by atoms with Gasteiger partial charge in [-0.3, -0.25) is 0 Å². The zero-order valence-corrected chi connectivity index (χ0v) is 6.48. The average Bonchev–Trinajstić information content (AvgIpc) is 2.36. The molecule has 0 fully saturated rings. The van der Waals surface area contributed by atoms with Crippen molar-refractivity contribution in [2.24, 2.45) is 15.0 Å². The van der Waals surface area contributed by atoms with Crippen molar-refractivity contribution in [2.75, 3.05) is 5.88 Å². The van der Waals surface area contributed by atoms with Gasteiger partial charge in [-0.15, -0.1) is 0 Å². The number of rotatable bonds is 0. The van der Waals surface area contributed by atoms with Crippen LogP contribution in [-0.2, 0) is 19.7 Å². The van der Waals surface area contributed by atoms with Gasteiger partial charge in [-0.2, -0.15) is 0 Å². The van der Waals surface area contributed by atoms with Crippen molar-refractivity contribution in [3.05, 3.63) is 0 Å². The molecule has 2 aliphatic heterocycles. The molecule has 0 bridgehead atoms. The summed E-state index contributed by atoms with van der Waals surface area (Å²) in [5.74, 6) is 0.633. The summed E-state index contributed by atoms with van der Waals surface area (Å²) in [5.41, 5.74) is 0. The maximum absolute atomic E-state index is 11.3. The molecule has 2 rings (SSSR count). The van der Waals surface area contributed by atoms with Crippen LogP contribution >= 0.6 is 0 Å². The van der Waals surface area contributed by atoms with Gasteiger partial charge in [0.25, 0.3) is 0 Å². The summed E-state index contributed by atoms with van der Waals surface area (Å²) in [7, 11) is -2.37. The Morgan fingerprint density at radius 2 is 2.50 bits per heavy atom. The minimum absolute atomic E-state index is 0.174. The molecule has 2 heterocycles. The quantitative estimate of drug-likeness (QED) is 0.498. The Balaban J connectivity index is 2.66. The monoisotopic (exact) mass is 173 g/mol. The molecule has 0 amide bonds. The Labute approximate surface area is 62.5 Å². The van der Waals surface area contributed by atoms with Crippen LogP contribution in [0.15, 0.2) is 15.0 Å². The second kappa shape index (κ2) is 1.70. The van der Waals surface area contributed by atoms with Gasteiger partial charge >= 0.3 is 0 Å². The maximum Gasteiger partial charge on any atom is 0.185 e. The first-order chi connectivity index (χ1) is 4.70. The first kappa shape index (κ1) is 6.11. The summed E-state index contributed by atoms with van der Waals surface area (Å²) in [5, 5.41) is 0.391. The van der Waals surface area contributed by atoms with Crippen molar-refractivity contribution in [3.63, 3.8) is 0 Å². The van der Waals surface area contributed by atoms with Crippen LogP contribution in [0, 0.1) is 0 Å². The van der Waals surface area contributed by atoms with E-state index in [0.717, 1.165) is 0 Å². The van der Waals surface area contributed by atoms with Gasteiger partial charge in [0.1, 0.15) is 20.7 Å². The first-order valence-electron chi connectivity index (χ1n) is 2.58. The molecule has 0 aromatic heterocycles. The van der Waals surface area contributed by atoms with Crippen molar-refractivity contribution >= 4 is 36.9 Å². The molecule has 0 radical (unpaired) electrons. The highest BCUT2D eigenvalue weighted by molar-refractivity contribution is 8.42. The second-order valence-electron chi connectivity index (χ2n) is 1.90. The number of fused-ring (bicyclic) bond motifs is 1. The van der Waals surface area contributed by atoms with Crippen LogP contribution in [0.3, 0.4) is 0 Å². The number of nitrogens with zero attached hydrogens (tertiary/aromatic N) is 3. The average molecular weight is 173 g/mol. The van der Waals surface area contributed by atoms with Crippen LogP contribution in [-0.4, -0.2) is 27.3 Å². The summed E-state index contributed by atoms with van der Waals surface area (Å²) in [6.07, 6.45) is 1.33. The van der Waals surface area contributed by atoms with Crippen molar-refractivity contribution in [1.29, 1.82) is 0 Å². The van der Waals surface area contributed by atoms with Crippen LogP contribution in [0.4, 0.5) is 0 Å². The third kappa shape index (κ3) is 0.657. The van der Waals surface area contributed by atoms with E-state index in [-0.39, 0.29) is 5.88 Å². The molecule has 0 aromatic carbocycles. The van der Waals surface area contributed by atoms with E-state index in [1.807, 2.05) is 0 Å². The molecule has 0 saturated carbocycles. The zero-order chi connectivity index (χ0) is 7.19. The van der Waals surface area contributed by atoms with Gasteiger partial charge in [0.2, 0.25) is 0 Å². The lowest BCUT2D eigenvalue weighted by molar-refractivity contribution is 0.689. The zero-order valence-electron chi connectivity index (χ0n) is 4.85. The van der Waals surface area contributed by atoms with Gasteiger partial charge in [-0.05, 0) is 11.2 Å². The molecule has 52 valence electrons. The lowest BCUT2D eigenvalue weighted by Crippen LogP contribution is -2.13. The molecule has 0 aromatic rings. The predicted octanol–water partition coefficient (Wildman–Crippen LogP) is -0.457. The highest BCUT2D eigenvalue weighted by Crippen LogP contribution is 2.11. The number of hydrogen-bond acceptors (Lipinski definition) is 5. The van der Waals surface area contributed by atoms with Gasteiger partial charge in [0.05, 0.1) is 0 Å². The Morgan fingerprint density at radius 3 is 3.20 bits per heavy atom. The summed E-state index contributed by atoms with van der Waals surface area (Å²) < 4.78 is 11.3. The fourth-order valence-electron chi connectivity index (χ4n) is 0.784. The van der Waals surface area contributed by atoms with E-state index in [1.165, 1.54) is 6.34 Å². The van der Waals surface area contributed by atoms with Crippen LogP contribution < -0.4 is 0 Å². The Kier molecular flexibility index (Phi) is 1.04. The molecule has 1 atom stereocenters. The molecule has 0 aliphatic carbocycles. The third-order valence-electron chi connectivity index (χ3n) is 1.23. The van der Waals surface area contributed by atoms with E-state index >= 15 is 0 Å². The lowest BCUT2D eigenvalue weighted by atomic mass is 10.7. The molecule has 1 unspecified atom stereocenters. The van der Waals surface area contributed by atoms with Crippen molar-refractivity contribution < 1.29 is 4.21 Å². The van der Waals surface area contributed by atoms with Crippen molar-refractivity contribution in [1.82, 2.24) is 0 Å². The normalized spacial score (nSPS) is 35.6. The maximum atomic E-state index is 11.3. The van der Waals surface area contributed by atoms with Crippen molar-refractivity contribution in [2.45, 2.75) is 0 Å². The van der Waals surface area contributed by atoms with Crippen LogP contribution in [0.1, 0.15) is 0 Å². The number of hydrogen-bond donors (Lipinski definition) is 0. The van der Waals surface area contributed by atoms with Gasteiger partial charge in [0, 0.05) is 0 Å². The lowest BCUT2D eigenvalue weighted by Gasteiger charge is -1.90. The largest absolute Gasteiger partial charge is 0.250 e. The topological polar surface area (TPSA) is 54.1 Å². The molecule has 0 spiro atoms. The van der Waals surface area contributed by atoms with Crippen LogP contribution in [0.25, 0.3) is 0 Å². The van der Waals surface area contributed by atoms with Crippen LogP contribution in [0.2, 0.25) is 0 Å². The molecule has 4 nitrogen and oxygen atoms in total. The van der Waals surface area contributed by atoms with E-state index in [2.05, 4.69) is 15.0 Å². The van der Waals surface area contributed by atoms with Gasteiger partial charge < -0.3 is 0 Å². The summed E-state index contributed by atoms with van der Waals surface area (Å²) in [6, 6.07) is 0. The van der Waals surface area contributed by atoms with E-state index in [0.29, 0.717) is 10.9 Å². The fraction of sp³-hybridized carbons (Fsp3) is 0.250. The van der Waals surface area contributed by atoms with E-state index in [1.54, 1.807) is 0 Å². The SMILES string of the molecule is O=S1(=S)CN=C2N=CN=C21. The van der Waals surface area contributed by atoms with E-state index in [9.17, 15) is 4.21 Å². The molecular formula is C4H3N3OS2. The molecule has 6 heteroatoms. The van der Waals surface area contributed by atoms with Crippen LogP contribution in [0.5, 0.6) is 0 Å². The minimum Gasteiger partial charge on any atom is -0.250 e. The third-order valence-corrected chi connectivity index (χ3v) is 3.36. The Bertz CT molecular complexity index is 362. The van der Waals surface area contributed by atoms with Crippen molar-refractivity contribution in [3.8, 4) is 0 Å². The Hall–Kier alpha value is -0.620. The fourth-order valence-corrected chi connectivity index (χ4v) is 2.31. The smallest absolute Gasteiger partial charge is 0.185 e. The van der Waals surface area contributed by atoms with E-state index < -0.39 is 8.49 Å². The second-order valence-corrected chi connectivity index (χ2v) is 5.39. The van der Waals surface area contributed by atoms with Gasteiger partial charge in [0.15, 0.2) is 10.9 Å². The summed E-state index contributed by atoms with van der Waals surface area (Å²) in [6.45, 7) is 0. The number of aliphatic imine (C=N–C) groups is 3. The first-order valence-corrected chi connectivity index (χ1v) is 5.23. The molecule has 10 heavy (non-hydrogen) atoms. The van der Waals surface area contributed by atoms with E-state index in [4.69, 9.17) is 11.2 Å². The molecule has 0 saturated heterocycles. The Morgan fingerprint density at radius 1 is 1.70 bits per heavy atom. The molecule has 2 aliphatic rings. The van der Waals surface area contributed by atoms with Gasteiger partial charge in [-0.25, -0.2) is 19.2 Å². The standard InChI is InChI=1S/C4H3N3OS2/c8-10(9)2-7-3-4(10)6-1-5-3/h1H,2H2. The summed E-state index contributed by atoms with van der Waals surface area (Å²) in [4.78, 5) is 11.4. The minimum atomic E-state index is -2.37.